The minimum Gasteiger partial charge on any atom is -0.491 e. The first-order chi connectivity index (χ1) is 16.0. The molecule has 1 aliphatic heterocycles. The third-order valence-electron chi connectivity index (χ3n) is 6.17. The molecule has 33 heavy (non-hydrogen) atoms. The Kier molecular flexibility index (Phi) is 7.34. The molecule has 2 N–H and O–H groups in total. The molecule has 178 valence electrons. The maximum atomic E-state index is 11.8. The Labute approximate surface area is 195 Å². The van der Waals surface area contributed by atoms with Crippen molar-refractivity contribution in [1.29, 1.82) is 0 Å². The second-order valence-electron chi connectivity index (χ2n) is 8.27. The lowest BCUT2D eigenvalue weighted by Crippen LogP contribution is -2.47. The molecule has 0 aliphatic carbocycles. The summed E-state index contributed by atoms with van der Waals surface area (Å²) in [5, 5.41) is 4.19. The lowest BCUT2D eigenvalue weighted by molar-refractivity contribution is 0.253. The lowest BCUT2D eigenvalue weighted by atomic mass is 10.1. The molecule has 3 heterocycles. The van der Waals surface area contributed by atoms with Crippen molar-refractivity contribution < 1.29 is 13.2 Å². The van der Waals surface area contributed by atoms with Gasteiger partial charge in [0.05, 0.1) is 13.3 Å². The van der Waals surface area contributed by atoms with Crippen LogP contribution in [-0.2, 0) is 16.3 Å². The van der Waals surface area contributed by atoms with Gasteiger partial charge < -0.3 is 19.9 Å². The van der Waals surface area contributed by atoms with E-state index in [1.807, 2.05) is 18.2 Å². The standard InChI is InChI=1S/C23H32N6O3S/c1-3-33(30,31)17-27-19-6-7-21-20(13-19)18(14-25-21)5-4-8-28-9-11-29(12-10-28)23-22(32-2)15-24-16-26-23/h6-7,13-16,25,27H,3-5,8-12,17H2,1-2H3. The lowest BCUT2D eigenvalue weighted by Gasteiger charge is -2.35. The number of piperazine rings is 1. The van der Waals surface area contributed by atoms with Gasteiger partial charge in [0.1, 0.15) is 12.2 Å². The Balaban J connectivity index is 1.29. The van der Waals surface area contributed by atoms with Crippen molar-refractivity contribution in [3.05, 3.63) is 42.5 Å². The molecule has 0 bridgehead atoms. The molecule has 2 aromatic heterocycles. The Hall–Kier alpha value is -2.85. The third-order valence-corrected chi connectivity index (χ3v) is 7.64. The molecular weight excluding hydrogens is 440 g/mol. The largest absolute Gasteiger partial charge is 0.491 e. The highest BCUT2D eigenvalue weighted by atomic mass is 32.2. The van der Waals surface area contributed by atoms with Crippen LogP contribution in [0.25, 0.3) is 10.9 Å². The van der Waals surface area contributed by atoms with E-state index in [1.54, 1.807) is 26.6 Å². The quantitative estimate of drug-likeness (QED) is 0.464. The van der Waals surface area contributed by atoms with E-state index in [0.717, 1.165) is 68.0 Å². The minimum absolute atomic E-state index is 0.0401. The fourth-order valence-corrected chi connectivity index (χ4v) is 4.75. The van der Waals surface area contributed by atoms with E-state index in [4.69, 9.17) is 4.74 Å². The van der Waals surface area contributed by atoms with Crippen molar-refractivity contribution in [3.63, 3.8) is 0 Å². The second kappa shape index (κ2) is 10.4. The van der Waals surface area contributed by atoms with Crippen LogP contribution in [0.2, 0.25) is 0 Å². The average molecular weight is 473 g/mol. The van der Waals surface area contributed by atoms with Gasteiger partial charge in [0.25, 0.3) is 0 Å². The van der Waals surface area contributed by atoms with Crippen molar-refractivity contribution in [3.8, 4) is 5.75 Å². The average Bonchev–Trinajstić information content (AvgIpc) is 3.25. The fraction of sp³-hybridized carbons (Fsp3) is 0.478. The molecule has 0 atom stereocenters. The number of benzene rings is 1. The zero-order valence-corrected chi connectivity index (χ0v) is 20.1. The van der Waals surface area contributed by atoms with Crippen LogP contribution in [0.3, 0.4) is 0 Å². The first-order valence-corrected chi connectivity index (χ1v) is 13.2. The third kappa shape index (κ3) is 5.75. The van der Waals surface area contributed by atoms with Crippen molar-refractivity contribution in [2.24, 2.45) is 0 Å². The summed E-state index contributed by atoms with van der Waals surface area (Å²) < 4.78 is 29.0. The summed E-state index contributed by atoms with van der Waals surface area (Å²) in [7, 11) is -1.41. The highest BCUT2D eigenvalue weighted by Crippen LogP contribution is 2.26. The molecule has 0 spiro atoms. The fourth-order valence-electron chi connectivity index (χ4n) is 4.16. The highest BCUT2D eigenvalue weighted by molar-refractivity contribution is 7.91. The molecule has 4 rings (SSSR count). The summed E-state index contributed by atoms with van der Waals surface area (Å²) in [5.74, 6) is 1.67. The molecule has 0 unspecified atom stereocenters. The van der Waals surface area contributed by atoms with Crippen LogP contribution >= 0.6 is 0 Å². The Morgan fingerprint density at radius 1 is 1.21 bits per heavy atom. The van der Waals surface area contributed by atoms with Gasteiger partial charge in [-0.2, -0.15) is 0 Å². The van der Waals surface area contributed by atoms with E-state index < -0.39 is 9.84 Å². The summed E-state index contributed by atoms with van der Waals surface area (Å²) in [6.07, 6.45) is 7.37. The predicted octanol–water partition coefficient (Wildman–Crippen LogP) is 2.53. The number of nitrogens with zero attached hydrogens (tertiary/aromatic N) is 4. The van der Waals surface area contributed by atoms with Gasteiger partial charge in [-0.25, -0.2) is 18.4 Å². The number of rotatable bonds is 10. The van der Waals surface area contributed by atoms with E-state index >= 15 is 0 Å². The van der Waals surface area contributed by atoms with E-state index in [-0.39, 0.29) is 11.6 Å². The van der Waals surface area contributed by atoms with Gasteiger partial charge in [0, 0.05) is 54.7 Å². The zero-order valence-electron chi connectivity index (χ0n) is 19.2. The molecule has 3 aromatic rings. The number of H-pyrrole nitrogens is 1. The SMILES string of the molecule is CCS(=O)(=O)CNc1ccc2[nH]cc(CCCN3CCN(c4ncncc4OC)CC3)c2c1. The van der Waals surface area contributed by atoms with Crippen LogP contribution in [0.15, 0.2) is 36.9 Å². The van der Waals surface area contributed by atoms with Crippen molar-refractivity contribution in [2.75, 3.05) is 61.7 Å². The number of sulfone groups is 1. The first-order valence-electron chi connectivity index (χ1n) is 11.3. The number of methoxy groups -OCH3 is 1. The topological polar surface area (TPSA) is 103 Å². The maximum absolute atomic E-state index is 11.8. The Morgan fingerprint density at radius 2 is 2.03 bits per heavy atom. The van der Waals surface area contributed by atoms with Gasteiger partial charge in [0.15, 0.2) is 21.4 Å². The summed E-state index contributed by atoms with van der Waals surface area (Å²) in [6.45, 7) is 6.50. The monoisotopic (exact) mass is 472 g/mol. The summed E-state index contributed by atoms with van der Waals surface area (Å²) >= 11 is 0. The van der Waals surface area contributed by atoms with Crippen molar-refractivity contribution >= 4 is 32.2 Å². The maximum Gasteiger partial charge on any atom is 0.179 e. The number of hydrogen-bond acceptors (Lipinski definition) is 8. The summed E-state index contributed by atoms with van der Waals surface area (Å²) in [4.78, 5) is 16.5. The molecule has 9 nitrogen and oxygen atoms in total. The molecular formula is C23H32N6O3S. The van der Waals surface area contributed by atoms with E-state index in [2.05, 4.69) is 36.3 Å². The number of anilines is 2. The molecule has 1 fully saturated rings. The van der Waals surface area contributed by atoms with Crippen LogP contribution < -0.4 is 15.0 Å². The van der Waals surface area contributed by atoms with Gasteiger partial charge in [0.2, 0.25) is 0 Å². The van der Waals surface area contributed by atoms with Crippen LogP contribution in [0.5, 0.6) is 5.75 Å². The van der Waals surface area contributed by atoms with Crippen LogP contribution in [0.4, 0.5) is 11.5 Å². The number of aromatic nitrogens is 3. The normalized spacial score (nSPS) is 15.2. The minimum atomic E-state index is -3.06. The predicted molar refractivity (Wildman–Crippen MR) is 132 cm³/mol. The van der Waals surface area contributed by atoms with Crippen LogP contribution in [0.1, 0.15) is 18.9 Å². The molecule has 0 radical (unpaired) electrons. The molecule has 10 heteroatoms. The van der Waals surface area contributed by atoms with E-state index in [9.17, 15) is 8.42 Å². The Bertz CT molecular complexity index is 1170. The van der Waals surface area contributed by atoms with Gasteiger partial charge in [-0.05, 0) is 43.1 Å². The second-order valence-corrected chi connectivity index (χ2v) is 10.6. The van der Waals surface area contributed by atoms with E-state index in [1.165, 1.54) is 5.56 Å². The van der Waals surface area contributed by atoms with E-state index in [0.29, 0.717) is 5.75 Å². The summed E-state index contributed by atoms with van der Waals surface area (Å²) in [5.41, 5.74) is 3.16. The van der Waals surface area contributed by atoms with Gasteiger partial charge in [-0.3, -0.25) is 4.90 Å². The molecule has 0 amide bonds. The zero-order chi connectivity index (χ0) is 23.3. The Morgan fingerprint density at radius 3 is 2.79 bits per heavy atom. The number of aromatic amines is 1. The van der Waals surface area contributed by atoms with Crippen molar-refractivity contribution in [2.45, 2.75) is 19.8 Å². The first kappa shape index (κ1) is 23.3. The number of ether oxygens (including phenoxy) is 1. The molecule has 1 saturated heterocycles. The van der Waals surface area contributed by atoms with Crippen LogP contribution in [0, 0.1) is 0 Å². The number of aryl methyl sites for hydroxylation is 1. The summed E-state index contributed by atoms with van der Waals surface area (Å²) in [6, 6.07) is 5.96. The van der Waals surface area contributed by atoms with Gasteiger partial charge in [-0.1, -0.05) is 6.92 Å². The number of fused-ring (bicyclic) bond motifs is 1. The molecule has 1 aromatic carbocycles. The van der Waals surface area contributed by atoms with Gasteiger partial charge >= 0.3 is 0 Å². The van der Waals surface area contributed by atoms with Gasteiger partial charge in [-0.15, -0.1) is 0 Å². The van der Waals surface area contributed by atoms with Crippen LogP contribution in [-0.4, -0.2) is 79.7 Å². The molecule has 0 saturated carbocycles. The molecule has 1 aliphatic rings. The highest BCUT2D eigenvalue weighted by Gasteiger charge is 2.20. The van der Waals surface area contributed by atoms with Crippen molar-refractivity contribution in [1.82, 2.24) is 19.9 Å². The number of nitrogens with one attached hydrogen (secondary N) is 2. The number of hydrogen-bond donors (Lipinski definition) is 2. The smallest absolute Gasteiger partial charge is 0.179 e.